The Morgan fingerprint density at radius 3 is 2.30 bits per heavy atom. The van der Waals surface area contributed by atoms with Gasteiger partial charge in [-0.2, -0.15) is 0 Å². The number of aromatic nitrogens is 1. The fraction of sp³-hybridized carbons (Fsp3) is 0.560. The second-order valence-electron chi connectivity index (χ2n) is 10.6. The van der Waals surface area contributed by atoms with E-state index in [0.717, 1.165) is 54.4 Å². The molecule has 0 bridgehead atoms. The highest BCUT2D eigenvalue weighted by molar-refractivity contribution is 7.09. The van der Waals surface area contributed by atoms with Crippen LogP contribution in [0.25, 0.3) is 11.3 Å². The van der Waals surface area contributed by atoms with Crippen molar-refractivity contribution in [2.24, 2.45) is 5.41 Å². The van der Waals surface area contributed by atoms with Crippen molar-refractivity contribution in [3.8, 4) is 11.3 Å². The first-order valence-electron chi connectivity index (χ1n) is 11.5. The van der Waals surface area contributed by atoms with E-state index in [1.165, 1.54) is 0 Å². The Kier molecular flexibility index (Phi) is 7.80. The fourth-order valence-corrected chi connectivity index (χ4v) is 4.30. The first kappa shape index (κ1) is 25.2. The van der Waals surface area contributed by atoms with E-state index in [9.17, 15) is 9.59 Å². The summed E-state index contributed by atoms with van der Waals surface area (Å²) in [6.07, 6.45) is 1.47. The summed E-state index contributed by atoms with van der Waals surface area (Å²) in [5.41, 5.74) is 1.87. The number of carbonyl (C=O) groups excluding carboxylic acids is 2. The van der Waals surface area contributed by atoms with Crippen LogP contribution >= 0.6 is 11.3 Å². The van der Waals surface area contributed by atoms with Crippen molar-refractivity contribution in [3.05, 3.63) is 34.7 Å². The maximum atomic E-state index is 12.2. The average Bonchev–Trinajstić information content (AvgIpc) is 3.16. The lowest BCUT2D eigenvalue weighted by Crippen LogP contribution is -2.45. The molecule has 0 spiro atoms. The van der Waals surface area contributed by atoms with Gasteiger partial charge in [-0.25, -0.2) is 9.78 Å². The minimum atomic E-state index is -0.478. The second kappa shape index (κ2) is 10.2. The molecule has 2 N–H and O–H groups in total. The first-order valence-corrected chi connectivity index (χ1v) is 12.4. The van der Waals surface area contributed by atoms with Gasteiger partial charge < -0.3 is 15.4 Å². The molecule has 7 nitrogen and oxygen atoms in total. The molecule has 1 aliphatic rings. The Bertz CT molecular complexity index is 949. The van der Waals surface area contributed by atoms with Gasteiger partial charge in [-0.05, 0) is 45.7 Å². The normalized spacial score (nSPS) is 15.8. The van der Waals surface area contributed by atoms with E-state index in [0.29, 0.717) is 0 Å². The molecule has 8 heteroatoms. The minimum absolute atomic E-state index is 0.00346. The lowest BCUT2D eigenvalue weighted by atomic mass is 9.95. The van der Waals surface area contributed by atoms with E-state index in [4.69, 9.17) is 9.72 Å². The van der Waals surface area contributed by atoms with Crippen LogP contribution in [0.15, 0.2) is 29.6 Å². The molecule has 2 heterocycles. The van der Waals surface area contributed by atoms with Crippen LogP contribution in [0.4, 0.5) is 10.5 Å². The summed E-state index contributed by atoms with van der Waals surface area (Å²) in [7, 11) is 0. The van der Waals surface area contributed by atoms with Gasteiger partial charge in [0.25, 0.3) is 0 Å². The Hall–Kier alpha value is -2.45. The maximum absolute atomic E-state index is 12.2. The minimum Gasteiger partial charge on any atom is -0.444 e. The van der Waals surface area contributed by atoms with Crippen molar-refractivity contribution in [1.29, 1.82) is 0 Å². The Balaban J connectivity index is 1.48. The van der Waals surface area contributed by atoms with Crippen LogP contribution < -0.4 is 10.6 Å². The molecule has 33 heavy (non-hydrogen) atoms. The molecule has 0 aliphatic carbocycles. The molecule has 0 saturated carbocycles. The number of benzene rings is 1. The zero-order valence-electron chi connectivity index (χ0n) is 20.5. The maximum Gasteiger partial charge on any atom is 0.407 e. The number of piperidine rings is 1. The zero-order chi connectivity index (χ0) is 24.2. The van der Waals surface area contributed by atoms with Crippen molar-refractivity contribution in [3.63, 3.8) is 0 Å². The van der Waals surface area contributed by atoms with Gasteiger partial charge in [0, 0.05) is 41.2 Å². The van der Waals surface area contributed by atoms with Crippen molar-refractivity contribution < 1.29 is 14.3 Å². The number of anilines is 1. The third-order valence-electron chi connectivity index (χ3n) is 5.34. The van der Waals surface area contributed by atoms with E-state index in [1.807, 2.05) is 65.8 Å². The molecule has 1 aliphatic heterocycles. The smallest absolute Gasteiger partial charge is 0.407 e. The molecule has 1 fully saturated rings. The van der Waals surface area contributed by atoms with Crippen molar-refractivity contribution in [2.75, 3.05) is 18.4 Å². The number of likely N-dealkylation sites (tertiary alicyclic amines) is 1. The van der Waals surface area contributed by atoms with Gasteiger partial charge in [-0.1, -0.05) is 32.9 Å². The molecule has 0 radical (unpaired) electrons. The van der Waals surface area contributed by atoms with Crippen LogP contribution in [-0.4, -0.2) is 46.6 Å². The van der Waals surface area contributed by atoms with E-state index in [-0.39, 0.29) is 18.0 Å². The van der Waals surface area contributed by atoms with Crippen LogP contribution in [0.1, 0.15) is 59.4 Å². The predicted octanol–water partition coefficient (Wildman–Crippen LogP) is 5.28. The van der Waals surface area contributed by atoms with E-state index < -0.39 is 11.0 Å². The summed E-state index contributed by atoms with van der Waals surface area (Å²) in [5, 5.41) is 9.09. The van der Waals surface area contributed by atoms with E-state index in [2.05, 4.69) is 20.9 Å². The predicted molar refractivity (Wildman–Crippen MR) is 133 cm³/mol. The number of ether oxygens (including phenoxy) is 1. The highest BCUT2D eigenvalue weighted by atomic mass is 32.1. The molecule has 0 unspecified atom stereocenters. The van der Waals surface area contributed by atoms with Crippen molar-refractivity contribution in [2.45, 2.75) is 72.6 Å². The summed E-state index contributed by atoms with van der Waals surface area (Å²) in [6.45, 7) is 13.9. The Morgan fingerprint density at radius 1 is 1.09 bits per heavy atom. The number of rotatable bonds is 5. The monoisotopic (exact) mass is 472 g/mol. The highest BCUT2D eigenvalue weighted by Gasteiger charge is 2.24. The summed E-state index contributed by atoms with van der Waals surface area (Å²) in [5.74, 6) is -0.00346. The SMILES string of the molecule is CC(C)(C)OC(=O)NC1CCN(Cc2nc(-c3ccc(NC(=O)C(C)(C)C)cc3)cs2)CC1. The first-order chi connectivity index (χ1) is 15.4. The molecular weight excluding hydrogens is 436 g/mol. The third-order valence-corrected chi connectivity index (χ3v) is 6.17. The van der Waals surface area contributed by atoms with Crippen molar-refractivity contribution in [1.82, 2.24) is 15.2 Å². The van der Waals surface area contributed by atoms with Crippen LogP contribution in [-0.2, 0) is 16.1 Å². The lowest BCUT2D eigenvalue weighted by molar-refractivity contribution is -0.123. The van der Waals surface area contributed by atoms with Gasteiger partial charge in [-0.15, -0.1) is 11.3 Å². The Morgan fingerprint density at radius 2 is 1.73 bits per heavy atom. The van der Waals surface area contributed by atoms with E-state index >= 15 is 0 Å². The topological polar surface area (TPSA) is 83.6 Å². The average molecular weight is 473 g/mol. The van der Waals surface area contributed by atoms with Crippen LogP contribution in [0, 0.1) is 5.41 Å². The van der Waals surface area contributed by atoms with Crippen LogP contribution in [0.2, 0.25) is 0 Å². The fourth-order valence-electron chi connectivity index (χ4n) is 3.46. The standard InChI is InChI=1S/C25H36N4O3S/c1-24(2,3)22(30)26-18-9-7-17(8-10-18)20-16-33-21(28-20)15-29-13-11-19(12-14-29)27-23(31)32-25(4,5)6/h7-10,16,19H,11-15H2,1-6H3,(H,26,30)(H,27,31). The molecular formula is C25H36N4O3S. The number of nitrogens with one attached hydrogen (secondary N) is 2. The quantitative estimate of drug-likeness (QED) is 0.618. The molecule has 2 amide bonds. The van der Waals surface area contributed by atoms with Gasteiger partial charge in [0.05, 0.1) is 12.2 Å². The molecule has 1 aromatic carbocycles. The van der Waals surface area contributed by atoms with Crippen molar-refractivity contribution >= 4 is 29.0 Å². The highest BCUT2D eigenvalue weighted by Crippen LogP contribution is 2.26. The molecule has 1 saturated heterocycles. The molecule has 3 rings (SSSR count). The number of carbonyl (C=O) groups is 2. The zero-order valence-corrected chi connectivity index (χ0v) is 21.3. The number of thiazole rings is 1. The van der Waals surface area contributed by atoms with Gasteiger partial charge >= 0.3 is 6.09 Å². The number of hydrogen-bond donors (Lipinski definition) is 2. The molecule has 2 aromatic rings. The summed E-state index contributed by atoms with van der Waals surface area (Å²) in [4.78, 5) is 31.3. The lowest BCUT2D eigenvalue weighted by Gasteiger charge is -2.32. The van der Waals surface area contributed by atoms with E-state index in [1.54, 1.807) is 11.3 Å². The third kappa shape index (κ3) is 7.82. The molecule has 1 aromatic heterocycles. The van der Waals surface area contributed by atoms with Crippen LogP contribution in [0.5, 0.6) is 0 Å². The summed E-state index contributed by atoms with van der Waals surface area (Å²) < 4.78 is 5.36. The van der Waals surface area contributed by atoms with Gasteiger partial charge in [-0.3, -0.25) is 9.69 Å². The van der Waals surface area contributed by atoms with Gasteiger partial charge in [0.2, 0.25) is 5.91 Å². The summed E-state index contributed by atoms with van der Waals surface area (Å²) >= 11 is 1.66. The number of hydrogen-bond acceptors (Lipinski definition) is 6. The number of amides is 2. The summed E-state index contributed by atoms with van der Waals surface area (Å²) in [6, 6.07) is 7.97. The Labute approximate surface area is 200 Å². The number of nitrogens with zero attached hydrogens (tertiary/aromatic N) is 2. The molecule has 0 atom stereocenters. The second-order valence-corrected chi connectivity index (χ2v) is 11.5. The largest absolute Gasteiger partial charge is 0.444 e. The van der Waals surface area contributed by atoms with Gasteiger partial charge in [0.1, 0.15) is 10.6 Å². The van der Waals surface area contributed by atoms with Crippen LogP contribution in [0.3, 0.4) is 0 Å². The molecule has 180 valence electrons. The van der Waals surface area contributed by atoms with Gasteiger partial charge in [0.15, 0.2) is 0 Å². The number of alkyl carbamates (subject to hydrolysis) is 1.